The topological polar surface area (TPSA) is 48.4 Å². The van der Waals surface area contributed by atoms with Crippen molar-refractivity contribution in [3.8, 4) is 0 Å². The van der Waals surface area contributed by atoms with Crippen molar-refractivity contribution in [1.29, 1.82) is 0 Å². The molecule has 8 heteroatoms. The summed E-state index contributed by atoms with van der Waals surface area (Å²) in [5.41, 5.74) is -2.87. The first kappa shape index (κ1) is 17.0. The first-order valence-corrected chi connectivity index (χ1v) is 6.79. The highest BCUT2D eigenvalue weighted by Gasteiger charge is 2.54. The Kier molecular flexibility index (Phi) is 3.90. The van der Waals surface area contributed by atoms with Gasteiger partial charge in [0.1, 0.15) is 5.69 Å². The highest BCUT2D eigenvalue weighted by molar-refractivity contribution is 6.62. The number of carbonyl (C=O) groups is 1. The maximum atomic E-state index is 13.2. The molecule has 0 unspecified atom stereocenters. The fourth-order valence-corrected chi connectivity index (χ4v) is 2.06. The van der Waals surface area contributed by atoms with Crippen LogP contribution < -0.4 is 5.46 Å². The lowest BCUT2D eigenvalue weighted by Gasteiger charge is -2.32. The van der Waals surface area contributed by atoms with Gasteiger partial charge in [0.2, 0.25) is 0 Å². The summed E-state index contributed by atoms with van der Waals surface area (Å²) in [7, 11) is -1.23. The number of nitrogens with zero attached hydrogens (tertiary/aromatic N) is 1. The van der Waals surface area contributed by atoms with Gasteiger partial charge >= 0.3 is 13.3 Å². The number of Topliss-reactive ketones (excluding diaryl/α,β-unsaturated/α-hetero) is 1. The van der Waals surface area contributed by atoms with Crippen LogP contribution in [0.15, 0.2) is 12.3 Å². The van der Waals surface area contributed by atoms with Crippen molar-refractivity contribution in [2.75, 3.05) is 0 Å². The molecule has 1 saturated heterocycles. The van der Waals surface area contributed by atoms with Crippen LogP contribution in [0.1, 0.15) is 50.7 Å². The molecule has 0 radical (unpaired) electrons. The van der Waals surface area contributed by atoms with Crippen LogP contribution in [0.3, 0.4) is 0 Å². The maximum absolute atomic E-state index is 13.2. The van der Waals surface area contributed by atoms with Crippen LogP contribution in [0.2, 0.25) is 0 Å². The Balaban J connectivity index is 2.54. The molecule has 0 spiro atoms. The molecule has 2 rings (SSSR count). The summed E-state index contributed by atoms with van der Waals surface area (Å²) >= 11 is 0. The number of hydrogen-bond acceptors (Lipinski definition) is 4. The van der Waals surface area contributed by atoms with Crippen LogP contribution in [-0.4, -0.2) is 29.1 Å². The standard InChI is InChI=1S/C14H17BF3NO3/c1-8(20)9-6-10(11(19-7-9)14(16,17)18)15-21-12(2,3)13(4,5)22-15/h6-7H,1-5H3. The summed E-state index contributed by atoms with van der Waals surface area (Å²) in [6.45, 7) is 8.22. The van der Waals surface area contributed by atoms with Crippen molar-refractivity contribution in [2.24, 2.45) is 0 Å². The molecule has 120 valence electrons. The van der Waals surface area contributed by atoms with E-state index < -0.39 is 30.2 Å². The van der Waals surface area contributed by atoms with Gasteiger partial charge in [0.05, 0.1) is 11.2 Å². The molecule has 0 aromatic carbocycles. The summed E-state index contributed by atoms with van der Waals surface area (Å²) in [6.07, 6.45) is -3.74. The fourth-order valence-electron chi connectivity index (χ4n) is 2.06. The van der Waals surface area contributed by atoms with Crippen LogP contribution in [0.25, 0.3) is 0 Å². The number of aromatic nitrogens is 1. The van der Waals surface area contributed by atoms with Crippen LogP contribution in [0.4, 0.5) is 13.2 Å². The van der Waals surface area contributed by atoms with E-state index in [2.05, 4.69) is 4.98 Å². The van der Waals surface area contributed by atoms with Gasteiger partial charge in [-0.05, 0) is 40.7 Å². The minimum atomic E-state index is -4.66. The van der Waals surface area contributed by atoms with Crippen molar-refractivity contribution in [3.63, 3.8) is 0 Å². The van der Waals surface area contributed by atoms with E-state index in [1.54, 1.807) is 27.7 Å². The number of halogens is 3. The fraction of sp³-hybridized carbons (Fsp3) is 0.571. The highest BCUT2D eigenvalue weighted by atomic mass is 19.4. The van der Waals surface area contributed by atoms with Gasteiger partial charge in [-0.1, -0.05) is 0 Å². The molecule has 0 bridgehead atoms. The van der Waals surface area contributed by atoms with E-state index in [9.17, 15) is 18.0 Å². The predicted molar refractivity (Wildman–Crippen MR) is 75.0 cm³/mol. The van der Waals surface area contributed by atoms with Crippen LogP contribution in [0.5, 0.6) is 0 Å². The number of alkyl halides is 3. The van der Waals surface area contributed by atoms with Gasteiger partial charge in [-0.25, -0.2) is 0 Å². The number of pyridine rings is 1. The third-order valence-corrected chi connectivity index (χ3v) is 4.10. The van der Waals surface area contributed by atoms with Crippen molar-refractivity contribution >= 4 is 18.4 Å². The zero-order valence-corrected chi connectivity index (χ0v) is 13.0. The van der Waals surface area contributed by atoms with E-state index in [1.807, 2.05) is 0 Å². The molecular formula is C14H17BF3NO3. The van der Waals surface area contributed by atoms with E-state index in [1.165, 1.54) is 6.92 Å². The maximum Gasteiger partial charge on any atom is 0.497 e. The lowest BCUT2D eigenvalue weighted by atomic mass is 9.76. The largest absolute Gasteiger partial charge is 0.497 e. The summed E-state index contributed by atoms with van der Waals surface area (Å²) in [5.74, 6) is -0.376. The second-order valence-electron chi connectivity index (χ2n) is 6.30. The average Bonchev–Trinajstić information content (AvgIpc) is 2.56. The van der Waals surface area contributed by atoms with Crippen LogP contribution in [-0.2, 0) is 15.5 Å². The third-order valence-electron chi connectivity index (χ3n) is 4.10. The third kappa shape index (κ3) is 2.89. The Labute approximate surface area is 127 Å². The molecule has 1 fully saturated rings. The molecular weight excluding hydrogens is 298 g/mol. The summed E-state index contributed by atoms with van der Waals surface area (Å²) in [6, 6.07) is 1.14. The van der Waals surface area contributed by atoms with Crippen LogP contribution >= 0.6 is 0 Å². The minimum absolute atomic E-state index is 0.0812. The van der Waals surface area contributed by atoms with Gasteiger partial charge in [-0.2, -0.15) is 13.2 Å². The second-order valence-corrected chi connectivity index (χ2v) is 6.30. The minimum Gasteiger partial charge on any atom is -0.399 e. The average molecular weight is 315 g/mol. The van der Waals surface area contributed by atoms with E-state index in [4.69, 9.17) is 9.31 Å². The van der Waals surface area contributed by atoms with Crippen LogP contribution in [0, 0.1) is 0 Å². The summed E-state index contributed by atoms with van der Waals surface area (Å²) in [4.78, 5) is 14.8. The number of ketones is 1. The molecule has 2 heterocycles. The zero-order chi connectivity index (χ0) is 16.9. The predicted octanol–water partition coefficient (Wildman–Crippen LogP) is 2.60. The summed E-state index contributed by atoms with van der Waals surface area (Å²) in [5, 5.41) is 0. The Morgan fingerprint density at radius 2 is 1.68 bits per heavy atom. The van der Waals surface area contributed by atoms with Crippen molar-refractivity contribution < 1.29 is 27.3 Å². The molecule has 1 aliphatic heterocycles. The van der Waals surface area contributed by atoms with Gasteiger partial charge in [-0.3, -0.25) is 9.78 Å². The monoisotopic (exact) mass is 315 g/mol. The van der Waals surface area contributed by atoms with E-state index >= 15 is 0 Å². The molecule has 1 aliphatic rings. The quantitative estimate of drug-likeness (QED) is 0.622. The molecule has 1 aromatic heterocycles. The molecule has 0 amide bonds. The van der Waals surface area contributed by atoms with E-state index in [0.29, 0.717) is 0 Å². The van der Waals surface area contributed by atoms with E-state index in [-0.39, 0.29) is 16.8 Å². The normalized spacial score (nSPS) is 20.3. The van der Waals surface area contributed by atoms with Gasteiger partial charge in [-0.15, -0.1) is 0 Å². The zero-order valence-electron chi connectivity index (χ0n) is 13.0. The molecule has 0 N–H and O–H groups in total. The smallest absolute Gasteiger partial charge is 0.399 e. The van der Waals surface area contributed by atoms with Gasteiger partial charge in [0, 0.05) is 17.2 Å². The molecule has 0 aliphatic carbocycles. The Bertz CT molecular complexity index is 598. The first-order chi connectivity index (χ1) is 9.85. The molecule has 1 aromatic rings. The van der Waals surface area contributed by atoms with Gasteiger partial charge in [0.15, 0.2) is 5.78 Å². The number of rotatable bonds is 2. The van der Waals surface area contributed by atoms with Gasteiger partial charge in [0.25, 0.3) is 0 Å². The molecule has 0 saturated carbocycles. The number of hydrogen-bond donors (Lipinski definition) is 0. The van der Waals surface area contributed by atoms with Crippen molar-refractivity contribution in [3.05, 3.63) is 23.5 Å². The molecule has 22 heavy (non-hydrogen) atoms. The first-order valence-electron chi connectivity index (χ1n) is 6.79. The van der Waals surface area contributed by atoms with Crippen molar-refractivity contribution in [1.82, 2.24) is 4.98 Å². The molecule has 0 atom stereocenters. The number of carbonyl (C=O) groups excluding carboxylic acids is 1. The lowest BCUT2D eigenvalue weighted by Crippen LogP contribution is -2.41. The van der Waals surface area contributed by atoms with E-state index in [0.717, 1.165) is 12.3 Å². The Morgan fingerprint density at radius 3 is 2.09 bits per heavy atom. The summed E-state index contributed by atoms with van der Waals surface area (Å²) < 4.78 is 50.8. The Morgan fingerprint density at radius 1 is 1.18 bits per heavy atom. The SMILES string of the molecule is CC(=O)c1cnc(C(F)(F)F)c(B2OC(C)(C)C(C)(C)O2)c1. The second kappa shape index (κ2) is 5.06. The lowest BCUT2D eigenvalue weighted by molar-refractivity contribution is -0.140. The Hall–Kier alpha value is -1.41. The van der Waals surface area contributed by atoms with Crippen molar-refractivity contribution in [2.45, 2.75) is 52.0 Å². The molecule has 4 nitrogen and oxygen atoms in total. The highest BCUT2D eigenvalue weighted by Crippen LogP contribution is 2.37. The van der Waals surface area contributed by atoms with Gasteiger partial charge < -0.3 is 9.31 Å².